The molecule has 1 aromatic carbocycles. The largest absolute Gasteiger partial charge is 0.378 e. The smallest absolute Gasteiger partial charge is 0.0994 e. The molecule has 1 unspecified atom stereocenters. The van der Waals surface area contributed by atoms with Crippen molar-refractivity contribution in [3.63, 3.8) is 0 Å². The molecule has 0 bridgehead atoms. The van der Waals surface area contributed by atoms with E-state index in [2.05, 4.69) is 52.6 Å². The Hall–Kier alpha value is -1.81. The standard InChI is InChI=1S/C16H24N4/c1-12(2)8-15(17)16-10-18-11-20(16)14-7-5-6-13(9-14)19(3)4/h5-7,9-12,15H,8,17H2,1-4H3. The minimum Gasteiger partial charge on any atom is -0.378 e. The summed E-state index contributed by atoms with van der Waals surface area (Å²) in [7, 11) is 4.08. The number of rotatable bonds is 5. The summed E-state index contributed by atoms with van der Waals surface area (Å²) in [6.07, 6.45) is 4.67. The Labute approximate surface area is 121 Å². The molecule has 4 heteroatoms. The number of imidazole rings is 1. The quantitative estimate of drug-likeness (QED) is 0.910. The molecule has 0 spiro atoms. The highest BCUT2D eigenvalue weighted by atomic mass is 15.1. The Balaban J connectivity index is 2.34. The summed E-state index contributed by atoms with van der Waals surface area (Å²) < 4.78 is 2.08. The zero-order chi connectivity index (χ0) is 14.7. The monoisotopic (exact) mass is 272 g/mol. The van der Waals surface area contributed by atoms with Gasteiger partial charge in [-0.15, -0.1) is 0 Å². The van der Waals surface area contributed by atoms with Gasteiger partial charge in [-0.25, -0.2) is 4.98 Å². The van der Waals surface area contributed by atoms with Crippen LogP contribution >= 0.6 is 0 Å². The summed E-state index contributed by atoms with van der Waals surface area (Å²) in [4.78, 5) is 6.36. The zero-order valence-electron chi connectivity index (χ0n) is 12.7. The van der Waals surface area contributed by atoms with Crippen LogP contribution in [0.4, 0.5) is 5.69 Å². The van der Waals surface area contributed by atoms with Crippen molar-refractivity contribution in [1.29, 1.82) is 0 Å². The van der Waals surface area contributed by atoms with E-state index < -0.39 is 0 Å². The van der Waals surface area contributed by atoms with Crippen LogP contribution in [0, 0.1) is 5.92 Å². The minimum atomic E-state index is 0.0144. The van der Waals surface area contributed by atoms with Crippen molar-refractivity contribution in [2.45, 2.75) is 26.3 Å². The van der Waals surface area contributed by atoms with Gasteiger partial charge in [-0.05, 0) is 30.5 Å². The van der Waals surface area contributed by atoms with Crippen molar-refractivity contribution in [2.24, 2.45) is 11.7 Å². The van der Waals surface area contributed by atoms with Crippen molar-refractivity contribution < 1.29 is 0 Å². The van der Waals surface area contributed by atoms with Crippen LogP contribution in [0.3, 0.4) is 0 Å². The van der Waals surface area contributed by atoms with Gasteiger partial charge in [0.05, 0.1) is 18.2 Å². The molecule has 0 saturated carbocycles. The maximum atomic E-state index is 6.31. The molecule has 108 valence electrons. The lowest BCUT2D eigenvalue weighted by atomic mass is 10.0. The fraction of sp³-hybridized carbons (Fsp3) is 0.438. The van der Waals surface area contributed by atoms with Crippen LogP contribution in [0.15, 0.2) is 36.8 Å². The van der Waals surface area contributed by atoms with Gasteiger partial charge in [-0.3, -0.25) is 0 Å². The average molecular weight is 272 g/mol. The van der Waals surface area contributed by atoms with Gasteiger partial charge in [0.15, 0.2) is 0 Å². The van der Waals surface area contributed by atoms with E-state index in [4.69, 9.17) is 5.73 Å². The van der Waals surface area contributed by atoms with Gasteiger partial charge in [0.25, 0.3) is 0 Å². The van der Waals surface area contributed by atoms with Gasteiger partial charge >= 0.3 is 0 Å². The number of anilines is 1. The Morgan fingerprint density at radius 3 is 2.70 bits per heavy atom. The van der Waals surface area contributed by atoms with E-state index in [1.807, 2.05) is 26.6 Å². The molecule has 2 N–H and O–H groups in total. The van der Waals surface area contributed by atoms with E-state index in [0.717, 1.165) is 17.8 Å². The summed E-state index contributed by atoms with van der Waals surface area (Å²) >= 11 is 0. The molecule has 20 heavy (non-hydrogen) atoms. The second-order valence-electron chi connectivity index (χ2n) is 5.84. The molecule has 2 aromatic rings. The SMILES string of the molecule is CC(C)CC(N)c1cncn1-c1cccc(N(C)C)c1. The molecule has 0 aliphatic rings. The first kappa shape index (κ1) is 14.6. The zero-order valence-corrected chi connectivity index (χ0v) is 12.7. The molecule has 4 nitrogen and oxygen atoms in total. The normalized spacial score (nSPS) is 12.7. The summed E-state index contributed by atoms with van der Waals surface area (Å²) in [5.41, 5.74) is 9.64. The third kappa shape index (κ3) is 3.20. The van der Waals surface area contributed by atoms with Gasteiger partial charge in [-0.2, -0.15) is 0 Å². The average Bonchev–Trinajstić information content (AvgIpc) is 2.87. The Bertz CT molecular complexity index is 557. The predicted octanol–water partition coefficient (Wildman–Crippen LogP) is 2.98. The topological polar surface area (TPSA) is 47.1 Å². The van der Waals surface area contributed by atoms with E-state index in [9.17, 15) is 0 Å². The van der Waals surface area contributed by atoms with E-state index in [1.165, 1.54) is 5.69 Å². The first-order chi connectivity index (χ1) is 9.49. The maximum Gasteiger partial charge on any atom is 0.0994 e. The molecule has 2 rings (SSSR count). The van der Waals surface area contributed by atoms with E-state index >= 15 is 0 Å². The number of nitrogens with two attached hydrogens (primary N) is 1. The Kier molecular flexibility index (Phi) is 4.45. The minimum absolute atomic E-state index is 0.0144. The van der Waals surface area contributed by atoms with Crippen LogP contribution in [0.5, 0.6) is 0 Å². The van der Waals surface area contributed by atoms with Gasteiger partial charge in [0, 0.05) is 31.5 Å². The second kappa shape index (κ2) is 6.09. The van der Waals surface area contributed by atoms with Gasteiger partial charge in [0.1, 0.15) is 0 Å². The van der Waals surface area contributed by atoms with Crippen LogP contribution in [-0.2, 0) is 0 Å². The van der Waals surface area contributed by atoms with Crippen LogP contribution in [-0.4, -0.2) is 23.6 Å². The highest BCUT2D eigenvalue weighted by Gasteiger charge is 2.14. The van der Waals surface area contributed by atoms with Gasteiger partial charge in [0.2, 0.25) is 0 Å². The van der Waals surface area contributed by atoms with Crippen molar-refractivity contribution in [3.05, 3.63) is 42.5 Å². The molecule has 0 fully saturated rings. The molecule has 0 aliphatic heterocycles. The highest BCUT2D eigenvalue weighted by molar-refractivity contribution is 5.52. The highest BCUT2D eigenvalue weighted by Crippen LogP contribution is 2.23. The van der Waals surface area contributed by atoms with Crippen molar-refractivity contribution in [1.82, 2.24) is 9.55 Å². The number of aromatic nitrogens is 2. The summed E-state index contributed by atoms with van der Waals surface area (Å²) in [6.45, 7) is 4.38. The molecule has 1 aromatic heterocycles. The van der Waals surface area contributed by atoms with Gasteiger partial charge in [-0.1, -0.05) is 19.9 Å². The lowest BCUT2D eigenvalue weighted by Gasteiger charge is -2.18. The predicted molar refractivity (Wildman–Crippen MR) is 84.3 cm³/mol. The molecular weight excluding hydrogens is 248 g/mol. The third-order valence-corrected chi connectivity index (χ3v) is 3.40. The maximum absolute atomic E-state index is 6.31. The number of nitrogens with zero attached hydrogens (tertiary/aromatic N) is 3. The number of benzene rings is 1. The van der Waals surface area contributed by atoms with Crippen molar-refractivity contribution >= 4 is 5.69 Å². The van der Waals surface area contributed by atoms with E-state index in [1.54, 1.807) is 0 Å². The van der Waals surface area contributed by atoms with Crippen LogP contribution in [0.25, 0.3) is 5.69 Å². The number of hydrogen-bond acceptors (Lipinski definition) is 3. The fourth-order valence-corrected chi connectivity index (χ4v) is 2.35. The van der Waals surface area contributed by atoms with Crippen molar-refractivity contribution in [3.8, 4) is 5.69 Å². The van der Waals surface area contributed by atoms with Gasteiger partial charge < -0.3 is 15.2 Å². The summed E-state index contributed by atoms with van der Waals surface area (Å²) in [5.74, 6) is 0.571. The van der Waals surface area contributed by atoms with Crippen LogP contribution < -0.4 is 10.6 Å². The molecule has 0 saturated heterocycles. The van der Waals surface area contributed by atoms with Crippen LogP contribution in [0.2, 0.25) is 0 Å². The summed E-state index contributed by atoms with van der Waals surface area (Å²) in [6, 6.07) is 8.39. The molecule has 1 atom stereocenters. The van der Waals surface area contributed by atoms with E-state index in [-0.39, 0.29) is 6.04 Å². The lowest BCUT2D eigenvalue weighted by molar-refractivity contribution is 0.498. The molecule has 0 amide bonds. The number of hydrogen-bond donors (Lipinski definition) is 1. The lowest BCUT2D eigenvalue weighted by Crippen LogP contribution is -2.17. The van der Waals surface area contributed by atoms with E-state index in [0.29, 0.717) is 5.92 Å². The Morgan fingerprint density at radius 2 is 2.05 bits per heavy atom. The summed E-state index contributed by atoms with van der Waals surface area (Å²) in [5, 5.41) is 0. The second-order valence-corrected chi connectivity index (χ2v) is 5.84. The molecule has 0 aliphatic carbocycles. The first-order valence-electron chi connectivity index (χ1n) is 7.04. The molecular formula is C16H24N4. The third-order valence-electron chi connectivity index (χ3n) is 3.40. The van der Waals surface area contributed by atoms with Crippen molar-refractivity contribution in [2.75, 3.05) is 19.0 Å². The molecule has 0 radical (unpaired) electrons. The fourth-order valence-electron chi connectivity index (χ4n) is 2.35. The first-order valence-corrected chi connectivity index (χ1v) is 7.04. The molecule has 1 heterocycles. The Morgan fingerprint density at radius 1 is 1.30 bits per heavy atom. The van der Waals surface area contributed by atoms with Crippen LogP contribution in [0.1, 0.15) is 32.0 Å².